The molecule has 0 radical (unpaired) electrons. The molecule has 0 aromatic heterocycles. The van der Waals surface area contributed by atoms with Crippen molar-refractivity contribution in [3.8, 4) is 11.5 Å². The van der Waals surface area contributed by atoms with Gasteiger partial charge in [-0.25, -0.2) is 4.79 Å². The molecule has 110 valence electrons. The van der Waals surface area contributed by atoms with Crippen LogP contribution in [0.4, 0.5) is 4.79 Å². The molecule has 7 heteroatoms. The molecule has 0 heterocycles. The quantitative estimate of drug-likeness (QED) is 0.559. The van der Waals surface area contributed by atoms with E-state index in [4.69, 9.17) is 9.84 Å². The van der Waals surface area contributed by atoms with E-state index in [2.05, 4.69) is 10.6 Å². The average molecular weight is 282 g/mol. The number of rotatable bonds is 7. The second kappa shape index (κ2) is 7.88. The predicted octanol–water partition coefficient (Wildman–Crippen LogP) is 1.06. The van der Waals surface area contributed by atoms with Crippen LogP contribution in [0.25, 0.3) is 0 Å². The molecule has 1 aromatic carbocycles. The van der Waals surface area contributed by atoms with Gasteiger partial charge >= 0.3 is 12.0 Å². The van der Waals surface area contributed by atoms with Gasteiger partial charge in [-0.15, -0.1) is 0 Å². The third-order valence-electron chi connectivity index (χ3n) is 2.55. The number of carbonyl (C=O) groups excluding carboxylic acids is 1. The standard InChI is InChI=1S/C13H18N2O5/c1-20-11-5-4-9(7-10(11)16)8-15-13(19)14-6-2-3-12(17)18/h4-5,7,16H,2-3,6,8H2,1H3,(H,17,18)(H2,14,15,19). The molecule has 4 N–H and O–H groups in total. The van der Waals surface area contributed by atoms with Crippen LogP contribution in [0.3, 0.4) is 0 Å². The van der Waals surface area contributed by atoms with E-state index in [9.17, 15) is 14.7 Å². The molecule has 0 spiro atoms. The molecule has 0 aliphatic rings. The maximum absolute atomic E-state index is 11.4. The van der Waals surface area contributed by atoms with E-state index in [-0.39, 0.29) is 24.7 Å². The van der Waals surface area contributed by atoms with E-state index in [0.717, 1.165) is 5.56 Å². The number of urea groups is 1. The highest BCUT2D eigenvalue weighted by molar-refractivity contribution is 5.74. The van der Waals surface area contributed by atoms with Crippen LogP contribution in [0.5, 0.6) is 11.5 Å². The minimum absolute atomic E-state index is 0.00802. The number of hydrogen-bond donors (Lipinski definition) is 4. The SMILES string of the molecule is COc1ccc(CNC(=O)NCCCC(=O)O)cc1O. The van der Waals surface area contributed by atoms with Crippen molar-refractivity contribution < 1.29 is 24.5 Å². The van der Waals surface area contributed by atoms with E-state index in [0.29, 0.717) is 18.7 Å². The molecule has 1 rings (SSSR count). The van der Waals surface area contributed by atoms with Crippen molar-refractivity contribution >= 4 is 12.0 Å². The van der Waals surface area contributed by atoms with E-state index < -0.39 is 5.97 Å². The summed E-state index contributed by atoms with van der Waals surface area (Å²) in [5, 5.41) is 23.2. The number of carboxylic acid groups (broad SMARTS) is 1. The Morgan fingerprint density at radius 2 is 2.05 bits per heavy atom. The number of carbonyl (C=O) groups is 2. The van der Waals surface area contributed by atoms with E-state index in [1.54, 1.807) is 12.1 Å². The molecular formula is C13H18N2O5. The van der Waals surface area contributed by atoms with Crippen LogP contribution in [0.15, 0.2) is 18.2 Å². The molecule has 2 amide bonds. The van der Waals surface area contributed by atoms with Gasteiger partial charge in [0.2, 0.25) is 0 Å². The highest BCUT2D eigenvalue weighted by Gasteiger charge is 2.04. The first kappa shape index (κ1) is 15.6. The second-order valence-electron chi connectivity index (χ2n) is 4.11. The number of ether oxygens (including phenoxy) is 1. The first-order chi connectivity index (χ1) is 9.52. The van der Waals surface area contributed by atoms with Gasteiger partial charge in [-0.1, -0.05) is 6.07 Å². The molecule has 0 saturated heterocycles. The number of aromatic hydroxyl groups is 1. The number of methoxy groups -OCH3 is 1. The number of hydrogen-bond acceptors (Lipinski definition) is 4. The van der Waals surface area contributed by atoms with Gasteiger partial charge in [0.05, 0.1) is 7.11 Å². The van der Waals surface area contributed by atoms with Crippen molar-refractivity contribution in [1.29, 1.82) is 0 Å². The van der Waals surface area contributed by atoms with E-state index in [1.165, 1.54) is 13.2 Å². The first-order valence-electron chi connectivity index (χ1n) is 6.12. The lowest BCUT2D eigenvalue weighted by Gasteiger charge is -2.09. The maximum atomic E-state index is 11.4. The number of amides is 2. The van der Waals surface area contributed by atoms with Gasteiger partial charge in [-0.2, -0.15) is 0 Å². The van der Waals surface area contributed by atoms with E-state index in [1.807, 2.05) is 0 Å². The van der Waals surface area contributed by atoms with Gasteiger partial charge < -0.3 is 25.6 Å². The number of benzene rings is 1. The summed E-state index contributed by atoms with van der Waals surface area (Å²) in [5.41, 5.74) is 0.726. The number of nitrogens with one attached hydrogen (secondary N) is 2. The van der Waals surface area contributed by atoms with Gasteiger partial charge in [0.15, 0.2) is 11.5 Å². The summed E-state index contributed by atoms with van der Waals surface area (Å²) in [6, 6.07) is 4.45. The molecule has 1 aromatic rings. The second-order valence-corrected chi connectivity index (χ2v) is 4.11. The fourth-order valence-corrected chi connectivity index (χ4v) is 1.53. The van der Waals surface area contributed by atoms with Gasteiger partial charge in [0.25, 0.3) is 0 Å². The summed E-state index contributed by atoms with van der Waals surface area (Å²) in [6.07, 6.45) is 0.401. The number of aliphatic carboxylic acids is 1. The Morgan fingerprint density at radius 1 is 1.30 bits per heavy atom. The number of phenolic OH excluding ortho intramolecular Hbond substituents is 1. The van der Waals surface area contributed by atoms with Crippen molar-refractivity contribution in [3.63, 3.8) is 0 Å². The topological polar surface area (TPSA) is 108 Å². The Bertz CT molecular complexity index is 476. The minimum Gasteiger partial charge on any atom is -0.504 e. The molecule has 0 aliphatic carbocycles. The zero-order chi connectivity index (χ0) is 15.0. The molecule has 0 saturated carbocycles. The molecule has 0 bridgehead atoms. The molecule has 0 fully saturated rings. The molecular weight excluding hydrogens is 264 g/mol. The molecule has 7 nitrogen and oxygen atoms in total. The molecule has 0 aliphatic heterocycles. The number of phenols is 1. The molecule has 20 heavy (non-hydrogen) atoms. The van der Waals surface area contributed by atoms with E-state index >= 15 is 0 Å². The van der Waals surface area contributed by atoms with Crippen molar-refractivity contribution in [2.45, 2.75) is 19.4 Å². The maximum Gasteiger partial charge on any atom is 0.315 e. The summed E-state index contributed by atoms with van der Waals surface area (Å²) in [7, 11) is 1.46. The summed E-state index contributed by atoms with van der Waals surface area (Å²) in [4.78, 5) is 21.7. The minimum atomic E-state index is -0.888. The lowest BCUT2D eigenvalue weighted by Crippen LogP contribution is -2.35. The molecule has 0 unspecified atom stereocenters. The van der Waals surface area contributed by atoms with Crippen LogP contribution in [0.1, 0.15) is 18.4 Å². The van der Waals surface area contributed by atoms with Gasteiger partial charge in [0, 0.05) is 19.5 Å². The van der Waals surface area contributed by atoms with Crippen LogP contribution < -0.4 is 15.4 Å². The van der Waals surface area contributed by atoms with Crippen LogP contribution in [-0.4, -0.2) is 35.9 Å². The van der Waals surface area contributed by atoms with Gasteiger partial charge in [-0.3, -0.25) is 4.79 Å². The summed E-state index contributed by atoms with van der Waals surface area (Å²) < 4.78 is 4.91. The third kappa shape index (κ3) is 5.47. The Morgan fingerprint density at radius 3 is 2.65 bits per heavy atom. The van der Waals surface area contributed by atoms with Gasteiger partial charge in [-0.05, 0) is 24.1 Å². The normalized spacial score (nSPS) is 9.85. The Labute approximate surface area is 116 Å². The monoisotopic (exact) mass is 282 g/mol. The smallest absolute Gasteiger partial charge is 0.315 e. The largest absolute Gasteiger partial charge is 0.504 e. The fraction of sp³-hybridized carbons (Fsp3) is 0.385. The van der Waals surface area contributed by atoms with Crippen molar-refractivity contribution in [2.75, 3.05) is 13.7 Å². The Kier molecular flexibility index (Phi) is 6.15. The lowest BCUT2D eigenvalue weighted by molar-refractivity contribution is -0.137. The van der Waals surface area contributed by atoms with Crippen molar-refractivity contribution in [2.24, 2.45) is 0 Å². The van der Waals surface area contributed by atoms with Crippen LogP contribution in [0, 0.1) is 0 Å². The van der Waals surface area contributed by atoms with Crippen molar-refractivity contribution in [3.05, 3.63) is 23.8 Å². The highest BCUT2D eigenvalue weighted by Crippen LogP contribution is 2.25. The van der Waals surface area contributed by atoms with Crippen LogP contribution in [-0.2, 0) is 11.3 Å². The van der Waals surface area contributed by atoms with Crippen LogP contribution in [0.2, 0.25) is 0 Å². The molecule has 0 atom stereocenters. The van der Waals surface area contributed by atoms with Crippen molar-refractivity contribution in [1.82, 2.24) is 10.6 Å². The zero-order valence-corrected chi connectivity index (χ0v) is 11.2. The highest BCUT2D eigenvalue weighted by atomic mass is 16.5. The average Bonchev–Trinajstić information content (AvgIpc) is 2.41. The summed E-state index contributed by atoms with van der Waals surface area (Å²) in [6.45, 7) is 0.550. The third-order valence-corrected chi connectivity index (χ3v) is 2.55. The Hall–Kier alpha value is -2.44. The van der Waals surface area contributed by atoms with Crippen LogP contribution >= 0.6 is 0 Å². The summed E-state index contributed by atoms with van der Waals surface area (Å²) >= 11 is 0. The predicted molar refractivity (Wildman–Crippen MR) is 71.8 cm³/mol. The fourth-order valence-electron chi connectivity index (χ4n) is 1.53. The number of carboxylic acids is 1. The Balaban J connectivity index is 2.30. The lowest BCUT2D eigenvalue weighted by atomic mass is 10.2. The van der Waals surface area contributed by atoms with Gasteiger partial charge in [0.1, 0.15) is 0 Å². The summed E-state index contributed by atoms with van der Waals surface area (Å²) in [5.74, 6) is -0.513. The zero-order valence-electron chi connectivity index (χ0n) is 11.2. The first-order valence-corrected chi connectivity index (χ1v) is 6.12.